The molecule has 2 aromatic carbocycles. The van der Waals surface area contributed by atoms with Gasteiger partial charge in [-0.2, -0.15) is 0 Å². The van der Waals surface area contributed by atoms with Crippen LogP contribution in [-0.2, 0) is 0 Å². The Morgan fingerprint density at radius 1 is 1.17 bits per heavy atom. The standard InChI is InChI=1S/C22H25N5O2/c1-3-25(19-13-8-11-17-10-4-5-12-18(17)19)21-20(27(28)29)22(24-15-23-21)26-14-7-6-9-16(26)2/h4-5,8,10-13,15-16H,3,6-7,9,14H2,1-2H3. The molecule has 1 saturated heterocycles. The highest BCUT2D eigenvalue weighted by molar-refractivity contribution is 5.96. The van der Waals surface area contributed by atoms with Crippen LogP contribution < -0.4 is 9.80 Å². The Morgan fingerprint density at radius 3 is 2.72 bits per heavy atom. The average Bonchev–Trinajstić information content (AvgIpc) is 2.74. The van der Waals surface area contributed by atoms with Crippen molar-refractivity contribution in [2.75, 3.05) is 22.9 Å². The molecule has 150 valence electrons. The fourth-order valence-electron chi connectivity index (χ4n) is 4.22. The number of nitrogens with zero attached hydrogens (tertiary/aromatic N) is 5. The van der Waals surface area contributed by atoms with Crippen LogP contribution >= 0.6 is 0 Å². The molecule has 7 heteroatoms. The van der Waals surface area contributed by atoms with Crippen LogP contribution in [0.2, 0.25) is 0 Å². The van der Waals surface area contributed by atoms with Gasteiger partial charge in [0.2, 0.25) is 11.6 Å². The summed E-state index contributed by atoms with van der Waals surface area (Å²) in [5.41, 5.74) is 0.890. The van der Waals surface area contributed by atoms with E-state index in [9.17, 15) is 10.1 Å². The van der Waals surface area contributed by atoms with E-state index in [4.69, 9.17) is 0 Å². The summed E-state index contributed by atoms with van der Waals surface area (Å²) < 4.78 is 0. The van der Waals surface area contributed by atoms with E-state index in [0.29, 0.717) is 18.2 Å². The second-order valence-corrected chi connectivity index (χ2v) is 7.41. The van der Waals surface area contributed by atoms with Crippen LogP contribution in [0.1, 0.15) is 33.1 Å². The third-order valence-corrected chi connectivity index (χ3v) is 5.67. The first-order valence-corrected chi connectivity index (χ1v) is 10.1. The number of benzene rings is 2. The summed E-state index contributed by atoms with van der Waals surface area (Å²) in [4.78, 5) is 24.6. The fraction of sp³-hybridized carbons (Fsp3) is 0.364. The lowest BCUT2D eigenvalue weighted by Gasteiger charge is -2.34. The van der Waals surface area contributed by atoms with Gasteiger partial charge in [0.25, 0.3) is 0 Å². The predicted molar refractivity (Wildman–Crippen MR) is 116 cm³/mol. The number of hydrogen-bond acceptors (Lipinski definition) is 6. The normalized spacial score (nSPS) is 16.8. The molecular weight excluding hydrogens is 366 g/mol. The van der Waals surface area contributed by atoms with Crippen LogP contribution in [0.15, 0.2) is 48.8 Å². The predicted octanol–water partition coefficient (Wildman–Crippen LogP) is 5.07. The summed E-state index contributed by atoms with van der Waals surface area (Å²) in [7, 11) is 0. The molecule has 0 aliphatic carbocycles. The van der Waals surface area contributed by atoms with E-state index in [1.165, 1.54) is 6.33 Å². The Bertz CT molecular complexity index is 1030. The van der Waals surface area contributed by atoms with Gasteiger partial charge in [-0.15, -0.1) is 0 Å². The number of nitro groups is 1. The minimum absolute atomic E-state index is 0.0176. The van der Waals surface area contributed by atoms with Crippen molar-refractivity contribution in [3.05, 3.63) is 58.9 Å². The van der Waals surface area contributed by atoms with Crippen molar-refractivity contribution in [2.45, 2.75) is 39.2 Å². The first-order chi connectivity index (χ1) is 14.1. The maximum absolute atomic E-state index is 12.2. The molecule has 1 unspecified atom stereocenters. The smallest absolute Gasteiger partial charge is 0.348 e. The van der Waals surface area contributed by atoms with Crippen molar-refractivity contribution < 1.29 is 4.92 Å². The fourth-order valence-corrected chi connectivity index (χ4v) is 4.22. The van der Waals surface area contributed by atoms with Crippen LogP contribution in [0.4, 0.5) is 23.0 Å². The third kappa shape index (κ3) is 3.48. The molecule has 0 bridgehead atoms. The van der Waals surface area contributed by atoms with Gasteiger partial charge in [0, 0.05) is 24.5 Å². The van der Waals surface area contributed by atoms with Gasteiger partial charge in [-0.05, 0) is 44.6 Å². The van der Waals surface area contributed by atoms with E-state index < -0.39 is 0 Å². The number of piperidine rings is 1. The van der Waals surface area contributed by atoms with Crippen LogP contribution in [-0.4, -0.2) is 34.0 Å². The van der Waals surface area contributed by atoms with Gasteiger partial charge in [0.05, 0.1) is 10.6 Å². The van der Waals surface area contributed by atoms with Gasteiger partial charge in [-0.3, -0.25) is 10.1 Å². The second kappa shape index (κ2) is 8.03. The summed E-state index contributed by atoms with van der Waals surface area (Å²) in [6.07, 6.45) is 4.62. The minimum atomic E-state index is -0.334. The van der Waals surface area contributed by atoms with E-state index in [1.807, 2.05) is 54.3 Å². The van der Waals surface area contributed by atoms with Gasteiger partial charge in [0.1, 0.15) is 6.33 Å². The first kappa shape index (κ1) is 19.1. The average molecular weight is 391 g/mol. The van der Waals surface area contributed by atoms with E-state index >= 15 is 0 Å². The van der Waals surface area contributed by atoms with Gasteiger partial charge >= 0.3 is 5.69 Å². The lowest BCUT2D eigenvalue weighted by Crippen LogP contribution is -2.38. The SMILES string of the molecule is CCN(c1ncnc(N2CCCCC2C)c1[N+](=O)[O-])c1cccc2ccccc12. The van der Waals surface area contributed by atoms with Gasteiger partial charge < -0.3 is 9.80 Å². The number of anilines is 3. The molecule has 0 N–H and O–H groups in total. The van der Waals surface area contributed by atoms with Crippen LogP contribution in [0.3, 0.4) is 0 Å². The molecular formula is C22H25N5O2. The first-order valence-electron chi connectivity index (χ1n) is 10.1. The largest absolute Gasteiger partial charge is 0.354 e. The highest BCUT2D eigenvalue weighted by Crippen LogP contribution is 2.40. The lowest BCUT2D eigenvalue weighted by molar-refractivity contribution is -0.383. The molecule has 0 saturated carbocycles. The van der Waals surface area contributed by atoms with E-state index in [1.54, 1.807) is 0 Å². The van der Waals surface area contributed by atoms with E-state index in [-0.39, 0.29) is 16.7 Å². The zero-order valence-electron chi connectivity index (χ0n) is 16.8. The zero-order chi connectivity index (χ0) is 20.4. The van der Waals surface area contributed by atoms with Crippen molar-refractivity contribution in [1.82, 2.24) is 9.97 Å². The molecule has 1 fully saturated rings. The number of hydrogen-bond donors (Lipinski definition) is 0. The molecule has 4 rings (SSSR count). The molecule has 1 aliphatic heterocycles. The maximum atomic E-state index is 12.2. The highest BCUT2D eigenvalue weighted by atomic mass is 16.6. The molecule has 2 heterocycles. The van der Waals surface area contributed by atoms with Crippen molar-refractivity contribution in [1.29, 1.82) is 0 Å². The minimum Gasteiger partial charge on any atom is -0.348 e. The van der Waals surface area contributed by atoms with Crippen molar-refractivity contribution in [2.24, 2.45) is 0 Å². The third-order valence-electron chi connectivity index (χ3n) is 5.67. The lowest BCUT2D eigenvalue weighted by atomic mass is 10.0. The van der Waals surface area contributed by atoms with Crippen LogP contribution in [0.5, 0.6) is 0 Å². The molecule has 1 aliphatic rings. The summed E-state index contributed by atoms with van der Waals surface area (Å²) in [6.45, 7) is 5.42. The Kier molecular flexibility index (Phi) is 5.29. The molecule has 29 heavy (non-hydrogen) atoms. The number of fused-ring (bicyclic) bond motifs is 1. The van der Waals surface area contributed by atoms with Gasteiger partial charge in [0.15, 0.2) is 0 Å². The number of rotatable bonds is 5. The maximum Gasteiger partial charge on any atom is 0.354 e. The molecule has 1 aromatic heterocycles. The summed E-state index contributed by atoms with van der Waals surface area (Å²) in [6, 6.07) is 14.3. The quantitative estimate of drug-likeness (QED) is 0.446. The van der Waals surface area contributed by atoms with E-state index in [2.05, 4.69) is 21.8 Å². The van der Waals surface area contributed by atoms with Crippen LogP contribution in [0.25, 0.3) is 10.8 Å². The highest BCUT2D eigenvalue weighted by Gasteiger charge is 2.33. The van der Waals surface area contributed by atoms with Crippen molar-refractivity contribution in [3.8, 4) is 0 Å². The second-order valence-electron chi connectivity index (χ2n) is 7.41. The molecule has 0 amide bonds. The monoisotopic (exact) mass is 391 g/mol. The molecule has 0 radical (unpaired) electrons. The Morgan fingerprint density at radius 2 is 1.97 bits per heavy atom. The van der Waals surface area contributed by atoms with E-state index in [0.717, 1.165) is 42.3 Å². The summed E-state index contributed by atoms with van der Waals surface area (Å²) >= 11 is 0. The van der Waals surface area contributed by atoms with Crippen LogP contribution in [0, 0.1) is 10.1 Å². The molecule has 0 spiro atoms. The van der Waals surface area contributed by atoms with Crippen molar-refractivity contribution >= 4 is 33.8 Å². The molecule has 7 nitrogen and oxygen atoms in total. The topological polar surface area (TPSA) is 75.4 Å². The van der Waals surface area contributed by atoms with Gasteiger partial charge in [-0.25, -0.2) is 9.97 Å². The summed E-state index contributed by atoms with van der Waals surface area (Å²) in [5, 5.41) is 14.3. The summed E-state index contributed by atoms with van der Waals surface area (Å²) in [5.74, 6) is 0.766. The molecule has 1 atom stereocenters. The Labute approximate surface area is 170 Å². The van der Waals surface area contributed by atoms with Gasteiger partial charge in [-0.1, -0.05) is 36.4 Å². The Hall–Kier alpha value is -3.22. The Balaban J connectivity index is 1.88. The molecule has 3 aromatic rings. The van der Waals surface area contributed by atoms with Crippen molar-refractivity contribution in [3.63, 3.8) is 0 Å². The number of aromatic nitrogens is 2. The zero-order valence-corrected chi connectivity index (χ0v) is 16.8.